The molecule has 0 spiro atoms. The number of urea groups is 5. The van der Waals surface area contributed by atoms with Gasteiger partial charge in [-0.3, -0.25) is 29.3 Å². The molecule has 4 aromatic carbocycles. The molecule has 1 aliphatic carbocycles. The van der Waals surface area contributed by atoms with Gasteiger partial charge in [0.1, 0.15) is 12.6 Å². The number of hydrogen-bond acceptors (Lipinski definition) is 20. The molecule has 4 aromatic rings. The van der Waals surface area contributed by atoms with Gasteiger partial charge >= 0.3 is 440 Å². The molecule has 37 nitrogen and oxygen atoms in total. The van der Waals surface area contributed by atoms with Crippen LogP contribution in [0, 0.1) is 16.0 Å². The number of carbonyl (C=O) groups excluding carboxylic acids is 9. The van der Waals surface area contributed by atoms with Crippen LogP contribution < -0.4 is 193 Å². The summed E-state index contributed by atoms with van der Waals surface area (Å²) in [5.74, 6) is 0.336. The van der Waals surface area contributed by atoms with Crippen LogP contribution in [0.2, 0.25) is 0 Å². The number of benzene rings is 4. The maximum absolute atomic E-state index is 12.7. The van der Waals surface area contributed by atoms with Crippen molar-refractivity contribution in [2.75, 3.05) is 122 Å². The van der Waals surface area contributed by atoms with Crippen molar-refractivity contribution >= 4 is 198 Å². The Morgan fingerprint density at radius 1 is 0.555 bits per heavy atom. The minimum absolute atomic E-state index is 0.0147. The van der Waals surface area contributed by atoms with Gasteiger partial charge in [-0.2, -0.15) is 0 Å². The maximum atomic E-state index is 12.7. The van der Waals surface area contributed by atoms with E-state index in [9.17, 15) is 68.0 Å². The van der Waals surface area contributed by atoms with Gasteiger partial charge < -0.3 is 65.6 Å². The molecule has 5 fully saturated rings. The topological polar surface area (TPSA) is 521 Å². The van der Waals surface area contributed by atoms with E-state index in [1.54, 1.807) is 31.2 Å². The zero-order valence-corrected chi connectivity index (χ0v) is 97.5. The van der Waals surface area contributed by atoms with E-state index >= 15 is 0 Å². The monoisotopic (exact) mass is 3010 g/mol. The van der Waals surface area contributed by atoms with Gasteiger partial charge in [0.2, 0.25) is 17.7 Å². The average molecular weight is 3010 g/mol. The Kier molecular flexibility index (Phi) is 62.8. The summed E-state index contributed by atoms with van der Waals surface area (Å²) in [5.41, 5.74) is 10.9. The van der Waals surface area contributed by atoms with Gasteiger partial charge in [0.15, 0.2) is 11.5 Å². The molecule has 0 bridgehead atoms. The molecule has 128 heavy (non-hydrogen) atoms. The van der Waals surface area contributed by atoms with E-state index in [1.165, 1.54) is 19.2 Å². The van der Waals surface area contributed by atoms with E-state index in [4.69, 9.17) is 39.3 Å². The third kappa shape index (κ3) is 49.3. The van der Waals surface area contributed by atoms with Crippen LogP contribution in [0.1, 0.15) is 93.5 Å². The van der Waals surface area contributed by atoms with Crippen LogP contribution in [-0.4, -0.2) is 240 Å². The number of carbonyl (C=O) groups is 11. The first-order chi connectivity index (χ1) is 61.1. The molecule has 0 saturated carbocycles. The predicted molar refractivity (Wildman–Crippen MR) is 523 cm³/mol. The standard InChI is InChI=1S/C28H46N4O8.C28H28N2O8.4C4H8I2N2OP.C4H6I2N2OP/c1-21(2)26(29)27(35)31-13-7-15-39-17-19-40-18-16-38-14-6-12-30-24(33)10-11-25(34)32-23(28(36)37)20-22-8-4-3-5-9-22;1-17(22-14-25(36-2)26(15-24(22)30(34)35)37-13-7-12-27(31)32)29-28(33)38-16-23-20-10-5-3-8-18(20)19-9-4-6-11-21(19)23;5*1-6-10(5)2-3-7-4(9)8-3/h3-5,8-9,21,23,26H,6-7,10-20,29H2,1-2H3,(H,30,33)(H,31,35)(H,32,34)(H,36,37);3-6,8-11,14-15,17,23H,7,12-13,16H2,1-2H3,(H,29,33)(H,31,32);4*3H,2H2,1H3,(H2,7,8,9);2H,1H3,(H2,7,8,9)/q;;5*-1. The number of carboxylic acids is 2. The number of alkyl halides is 5. The molecular formula is C76H112I10N16O21P5-5. The predicted octanol–water partition coefficient (Wildman–Crippen LogP) is -3.00. The number of halogens is 10. The second-order valence-electron chi connectivity index (χ2n) is 27.3. The van der Waals surface area contributed by atoms with E-state index in [0.29, 0.717) is 169 Å². The first-order valence-electron chi connectivity index (χ1n) is 39.3. The number of carboxylic acid groups (broad SMARTS) is 2. The first-order valence-corrected chi connectivity index (χ1v) is 85.4. The molecule has 5 aliphatic heterocycles. The zero-order chi connectivity index (χ0) is 94.6. The Bertz CT molecular complexity index is 4000. The summed E-state index contributed by atoms with van der Waals surface area (Å²) in [5, 5.41) is 68.2. The van der Waals surface area contributed by atoms with Crippen molar-refractivity contribution in [1.82, 2.24) is 74.4 Å². The van der Waals surface area contributed by atoms with Crippen LogP contribution in [0.3, 0.4) is 0 Å². The third-order valence-electron chi connectivity index (χ3n) is 17.6. The van der Waals surface area contributed by atoms with Gasteiger partial charge in [0, 0.05) is 57.9 Å². The summed E-state index contributed by atoms with van der Waals surface area (Å²) < 4.78 is 33.7. The number of nitrogens with two attached hydrogens (primary N) is 1. The average Bonchev–Trinajstić information content (AvgIpc) is 1.62. The molecule has 18 N–H and O–H groups in total. The van der Waals surface area contributed by atoms with Gasteiger partial charge in [-0.25, -0.2) is 9.59 Å². The van der Waals surface area contributed by atoms with E-state index < -0.39 is 47.0 Å². The quantitative estimate of drug-likeness (QED) is 0.00523. The van der Waals surface area contributed by atoms with Crippen molar-refractivity contribution in [2.45, 2.75) is 114 Å². The van der Waals surface area contributed by atoms with Crippen molar-refractivity contribution in [1.29, 1.82) is 0 Å². The van der Waals surface area contributed by atoms with E-state index in [-0.39, 0.29) is 163 Å². The number of hydrogen-bond donors (Lipinski definition) is 17. The molecule has 5 heterocycles. The summed E-state index contributed by atoms with van der Waals surface area (Å²) in [6.07, 6.45) is 6.51. The number of rotatable bonds is 48. The van der Waals surface area contributed by atoms with Gasteiger partial charge in [-0.15, -0.1) is 0 Å². The van der Waals surface area contributed by atoms with Crippen molar-refractivity contribution < 1.29 is 200 Å². The molecule has 8 unspecified atom stereocenters. The van der Waals surface area contributed by atoms with Crippen molar-refractivity contribution in [2.24, 2.45) is 11.7 Å². The van der Waals surface area contributed by atoms with Gasteiger partial charge in [0.05, 0.1) is 68.8 Å². The zero-order valence-electron chi connectivity index (χ0n) is 71.5. The van der Waals surface area contributed by atoms with E-state index in [1.807, 2.05) is 68.4 Å². The molecule has 5 saturated heterocycles. The van der Waals surface area contributed by atoms with Crippen molar-refractivity contribution in [3.05, 3.63) is 135 Å². The fourth-order valence-electron chi connectivity index (χ4n) is 10.9. The number of amides is 14. The number of methoxy groups -OCH3 is 1. The number of nitrogens with one attached hydrogen (secondary N) is 14. The second kappa shape index (κ2) is 68.0. The van der Waals surface area contributed by atoms with Gasteiger partial charge in [0.25, 0.3) is 5.69 Å². The fourth-order valence-corrected chi connectivity index (χ4v) is 30.4. The Balaban J connectivity index is 0.000000349. The number of aliphatic carboxylic acids is 2. The van der Waals surface area contributed by atoms with Crippen molar-refractivity contribution in [3.8, 4) is 22.6 Å². The molecule has 10 rings (SSSR count). The summed E-state index contributed by atoms with van der Waals surface area (Å²) in [4.78, 5) is 145. The normalized spacial score (nSPS) is 15.8. The number of nitro benzene ring substituents is 1. The molecule has 722 valence electrons. The van der Waals surface area contributed by atoms with E-state index in [0.717, 1.165) is 58.3 Å². The number of nitro groups is 1. The summed E-state index contributed by atoms with van der Waals surface area (Å²) in [6.45, 7) is 9.21. The van der Waals surface area contributed by atoms with Crippen LogP contribution in [0.4, 0.5) is 34.5 Å². The van der Waals surface area contributed by atoms with Gasteiger partial charge in [-0.1, -0.05) is 92.7 Å². The SMILES string of the molecule is CC(C)C(N)C(=O)NCCCOCCOCCOCCCNC(=O)CCC(=O)NC(Cc1ccccc1)C(=O)O.COc1cc(C(C)NC(=O)OCC2c3ccccc3-c3ccccc32)c([N+](=O)[O-])cc1OCCCC(=O)O.C[I-]P(I)C=C1NC(=O)N1.C[I-]P(I)CC1NC(=O)N1.C[I-]P(I)CC1NC(=O)N1.C[I-]P(I)CC1NC(=O)N1.C[I-]P(I)CC1NC(=O)N1. The van der Waals surface area contributed by atoms with Crippen LogP contribution >= 0.6 is 126 Å². The van der Waals surface area contributed by atoms with Gasteiger partial charge in [-0.05, 0) is 66.0 Å². The summed E-state index contributed by atoms with van der Waals surface area (Å²) in [6, 6.07) is 25.2. The minimum atomic E-state index is -1.12. The molecule has 0 radical (unpaired) electrons. The Morgan fingerprint density at radius 3 is 1.40 bits per heavy atom. The van der Waals surface area contributed by atoms with Crippen molar-refractivity contribution in [3.63, 3.8) is 0 Å². The molecule has 8 atom stereocenters. The van der Waals surface area contributed by atoms with E-state index in [2.05, 4.69) is 215 Å². The molecule has 6 aliphatic rings. The van der Waals surface area contributed by atoms with Crippen LogP contribution in [0.15, 0.2) is 103 Å². The first kappa shape index (κ1) is 118. The molecule has 14 amide bonds. The summed E-state index contributed by atoms with van der Waals surface area (Å²) >= 11 is 14.3. The fraction of sp³-hybridized carbons (Fsp3) is 0.513. The second-order valence-corrected chi connectivity index (χ2v) is 110. The number of alkyl carbamates (subject to hydrolysis) is 1. The number of ether oxygens (including phenoxy) is 6. The molecule has 0 aromatic heterocycles. The van der Waals surface area contributed by atoms with Crippen LogP contribution in [0.25, 0.3) is 11.1 Å². The number of fused-ring (bicyclic) bond motifs is 3. The molecule has 52 heteroatoms. The third-order valence-corrected chi connectivity index (χ3v) is 85.6. The summed E-state index contributed by atoms with van der Waals surface area (Å²) in [7, 11) is 1.39. The molecular weight excluding hydrogens is 2900 g/mol. The van der Waals surface area contributed by atoms with Crippen LogP contribution in [0.5, 0.6) is 11.5 Å². The Hall–Kier alpha value is -2.12. The number of nitrogens with zero attached hydrogens (tertiary/aromatic N) is 1. The Morgan fingerprint density at radius 2 is 0.992 bits per heavy atom. The van der Waals surface area contributed by atoms with Crippen LogP contribution in [-0.2, 0) is 49.3 Å². The Labute approximate surface area is 866 Å².